The molecule has 0 radical (unpaired) electrons. The molecule has 5 rings (SSSR count). The Labute approximate surface area is 237 Å². The van der Waals surface area contributed by atoms with E-state index in [4.69, 9.17) is 25.9 Å². The highest BCUT2D eigenvalue weighted by molar-refractivity contribution is 6.31. The van der Waals surface area contributed by atoms with Crippen LogP contribution in [0.5, 0.6) is 11.5 Å². The van der Waals surface area contributed by atoms with Gasteiger partial charge >= 0.3 is 11.9 Å². The van der Waals surface area contributed by atoms with E-state index in [2.05, 4.69) is 15.6 Å². The number of hydrogen-bond donors (Lipinski definition) is 1. The minimum atomic E-state index is -0.652. The lowest BCUT2D eigenvalue weighted by Gasteiger charge is -2.24. The van der Waals surface area contributed by atoms with Crippen molar-refractivity contribution >= 4 is 34.4 Å². The molecule has 0 saturated heterocycles. The van der Waals surface area contributed by atoms with E-state index in [1.54, 1.807) is 61.5 Å². The Bertz CT molecular complexity index is 1540. The number of carbonyl (C=O) groups is 2. The average Bonchev–Trinajstić information content (AvgIpc) is 3.28. The van der Waals surface area contributed by atoms with Crippen LogP contribution in [-0.2, 0) is 9.63 Å². The first-order chi connectivity index (χ1) is 19.3. The number of rotatable bonds is 6. The molecule has 10 heteroatoms. The molecule has 2 aromatic heterocycles. The Balaban J connectivity index is 1.56. The summed E-state index contributed by atoms with van der Waals surface area (Å²) in [5.74, 6) is -0.0326. The van der Waals surface area contributed by atoms with Crippen molar-refractivity contribution < 1.29 is 23.9 Å². The third kappa shape index (κ3) is 5.34. The molecule has 2 heterocycles. The summed E-state index contributed by atoms with van der Waals surface area (Å²) in [4.78, 5) is 36.0. The maximum Gasteiger partial charge on any atom is 0.338 e. The van der Waals surface area contributed by atoms with Gasteiger partial charge in [0.25, 0.3) is 0 Å². The SMILES string of the molecule is COc1cccc(OC)c1-c1cc(C(=O)NOC(=O)C2(C)CCCCCC2)nn1-c1ccnc2cc(Cl)ccc12. The number of nitrogens with one attached hydrogen (secondary N) is 1. The van der Waals surface area contributed by atoms with Crippen molar-refractivity contribution in [3.8, 4) is 28.4 Å². The first-order valence-corrected chi connectivity index (χ1v) is 13.6. The summed E-state index contributed by atoms with van der Waals surface area (Å²) in [7, 11) is 3.12. The molecule has 0 aliphatic heterocycles. The van der Waals surface area contributed by atoms with Crippen LogP contribution in [0.15, 0.2) is 54.7 Å². The fourth-order valence-electron chi connectivity index (χ4n) is 5.23. The van der Waals surface area contributed by atoms with Crippen LogP contribution in [0.3, 0.4) is 0 Å². The Morgan fingerprint density at radius 2 is 1.68 bits per heavy atom. The second kappa shape index (κ2) is 11.6. The summed E-state index contributed by atoms with van der Waals surface area (Å²) in [6.07, 6.45) is 7.21. The molecule has 2 aromatic carbocycles. The summed E-state index contributed by atoms with van der Waals surface area (Å²) < 4.78 is 12.9. The van der Waals surface area contributed by atoms with Gasteiger partial charge in [0, 0.05) is 16.6 Å². The van der Waals surface area contributed by atoms with Crippen molar-refractivity contribution in [1.82, 2.24) is 20.2 Å². The number of aromatic nitrogens is 3. The van der Waals surface area contributed by atoms with E-state index in [-0.39, 0.29) is 5.69 Å². The zero-order chi connectivity index (χ0) is 28.3. The first kappa shape index (κ1) is 27.5. The molecule has 1 N–H and O–H groups in total. The molecule has 1 fully saturated rings. The summed E-state index contributed by atoms with van der Waals surface area (Å²) >= 11 is 6.21. The van der Waals surface area contributed by atoms with Crippen molar-refractivity contribution in [2.24, 2.45) is 5.41 Å². The molecule has 4 aromatic rings. The molecule has 208 valence electrons. The number of carbonyl (C=O) groups excluding carboxylic acids is 2. The average molecular weight is 563 g/mol. The minimum absolute atomic E-state index is 0.0423. The van der Waals surface area contributed by atoms with Gasteiger partial charge in [-0.15, -0.1) is 0 Å². The molecule has 1 amide bonds. The van der Waals surface area contributed by atoms with Crippen molar-refractivity contribution in [3.05, 3.63) is 65.4 Å². The molecule has 1 aliphatic rings. The zero-order valence-corrected chi connectivity index (χ0v) is 23.5. The van der Waals surface area contributed by atoms with Gasteiger partial charge in [-0.2, -0.15) is 10.6 Å². The van der Waals surface area contributed by atoms with Crippen LogP contribution in [0, 0.1) is 5.41 Å². The van der Waals surface area contributed by atoms with Gasteiger partial charge < -0.3 is 14.3 Å². The monoisotopic (exact) mass is 562 g/mol. The van der Waals surface area contributed by atoms with Gasteiger partial charge in [0.05, 0.1) is 42.1 Å². The van der Waals surface area contributed by atoms with Crippen molar-refractivity contribution in [2.75, 3.05) is 14.2 Å². The van der Waals surface area contributed by atoms with Gasteiger partial charge in [-0.1, -0.05) is 43.4 Å². The number of pyridine rings is 1. The number of benzene rings is 2. The van der Waals surface area contributed by atoms with Crippen molar-refractivity contribution in [3.63, 3.8) is 0 Å². The Morgan fingerprint density at radius 1 is 0.975 bits per heavy atom. The number of hydrogen-bond acceptors (Lipinski definition) is 7. The lowest BCUT2D eigenvalue weighted by Crippen LogP contribution is -2.36. The predicted molar refractivity (Wildman–Crippen MR) is 152 cm³/mol. The summed E-state index contributed by atoms with van der Waals surface area (Å²) in [6.45, 7) is 1.90. The quantitative estimate of drug-likeness (QED) is 0.217. The normalized spacial score (nSPS) is 14.8. The lowest BCUT2D eigenvalue weighted by molar-refractivity contribution is -0.161. The molecule has 0 unspecified atom stereocenters. The number of nitrogens with zero attached hydrogens (tertiary/aromatic N) is 3. The Kier molecular flexibility index (Phi) is 7.93. The number of methoxy groups -OCH3 is 2. The van der Waals surface area contributed by atoms with Crippen molar-refractivity contribution in [2.45, 2.75) is 45.4 Å². The third-order valence-electron chi connectivity index (χ3n) is 7.47. The first-order valence-electron chi connectivity index (χ1n) is 13.2. The van der Waals surface area contributed by atoms with E-state index in [0.717, 1.165) is 43.9 Å². The summed E-state index contributed by atoms with van der Waals surface area (Å²) in [5, 5.41) is 5.96. The van der Waals surface area contributed by atoms with Gasteiger partial charge in [-0.05, 0) is 62.2 Å². The highest BCUT2D eigenvalue weighted by atomic mass is 35.5. The molecule has 0 atom stereocenters. The van der Waals surface area contributed by atoms with E-state index in [9.17, 15) is 9.59 Å². The Morgan fingerprint density at radius 3 is 2.35 bits per heavy atom. The molecule has 1 aliphatic carbocycles. The smallest absolute Gasteiger partial charge is 0.338 e. The van der Waals surface area contributed by atoms with Crippen LogP contribution in [-0.4, -0.2) is 40.9 Å². The molecular formula is C30H31ClN4O5. The van der Waals surface area contributed by atoms with Crippen LogP contribution in [0.4, 0.5) is 0 Å². The summed E-state index contributed by atoms with van der Waals surface area (Å²) in [6, 6.07) is 14.2. The number of hydroxylamine groups is 1. The molecule has 0 bridgehead atoms. The maximum atomic E-state index is 13.3. The zero-order valence-electron chi connectivity index (χ0n) is 22.7. The van der Waals surface area contributed by atoms with E-state index in [0.29, 0.717) is 39.0 Å². The standard InChI is InChI=1S/C30H31ClN4O5/c1-30(14-6-4-5-7-15-30)29(37)40-34-28(36)22-18-24(27-25(38-2)9-8-10-26(27)39-3)35(33-22)23-13-16-32-21-17-19(31)11-12-20(21)23/h8-13,16-18H,4-7,14-15H2,1-3H3,(H,34,36). The number of amides is 1. The number of ether oxygens (including phenoxy) is 2. The van der Waals surface area contributed by atoms with Gasteiger partial charge in [-0.25, -0.2) is 9.48 Å². The van der Waals surface area contributed by atoms with Crippen LogP contribution in [0.2, 0.25) is 5.02 Å². The largest absolute Gasteiger partial charge is 0.496 e. The van der Waals surface area contributed by atoms with E-state index in [1.165, 1.54) is 0 Å². The van der Waals surface area contributed by atoms with Crippen LogP contribution in [0.1, 0.15) is 55.9 Å². The Hall–Kier alpha value is -4.11. The fourth-order valence-corrected chi connectivity index (χ4v) is 5.40. The second-order valence-electron chi connectivity index (χ2n) is 10.2. The lowest BCUT2D eigenvalue weighted by atomic mass is 9.83. The molecular weight excluding hydrogens is 532 g/mol. The van der Waals surface area contributed by atoms with Crippen molar-refractivity contribution in [1.29, 1.82) is 0 Å². The molecule has 40 heavy (non-hydrogen) atoms. The highest BCUT2D eigenvalue weighted by Crippen LogP contribution is 2.40. The van der Waals surface area contributed by atoms with Gasteiger partial charge in [-0.3, -0.25) is 9.78 Å². The number of halogens is 1. The number of fused-ring (bicyclic) bond motifs is 1. The second-order valence-corrected chi connectivity index (χ2v) is 10.6. The highest BCUT2D eigenvalue weighted by Gasteiger charge is 2.36. The molecule has 0 spiro atoms. The van der Waals surface area contributed by atoms with Crippen LogP contribution in [0.25, 0.3) is 27.8 Å². The van der Waals surface area contributed by atoms with E-state index in [1.807, 2.05) is 19.1 Å². The van der Waals surface area contributed by atoms with E-state index >= 15 is 0 Å². The van der Waals surface area contributed by atoms with Gasteiger partial charge in [0.15, 0.2) is 5.69 Å². The molecule has 1 saturated carbocycles. The molecule has 9 nitrogen and oxygen atoms in total. The third-order valence-corrected chi connectivity index (χ3v) is 7.71. The van der Waals surface area contributed by atoms with Gasteiger partial charge in [0.1, 0.15) is 11.5 Å². The van der Waals surface area contributed by atoms with E-state index < -0.39 is 17.3 Å². The minimum Gasteiger partial charge on any atom is -0.496 e. The van der Waals surface area contributed by atoms with Crippen LogP contribution < -0.4 is 15.0 Å². The predicted octanol–water partition coefficient (Wildman–Crippen LogP) is 6.31. The van der Waals surface area contributed by atoms with Crippen LogP contribution >= 0.6 is 11.6 Å². The maximum absolute atomic E-state index is 13.3. The topological polar surface area (TPSA) is 105 Å². The summed E-state index contributed by atoms with van der Waals surface area (Å²) in [5.41, 5.74) is 4.19. The van der Waals surface area contributed by atoms with Gasteiger partial charge in [0.2, 0.25) is 0 Å². The fraction of sp³-hybridized carbons (Fsp3) is 0.333.